The van der Waals surface area contributed by atoms with Gasteiger partial charge in [0.05, 0.1) is 6.61 Å². The molecule has 0 radical (unpaired) electrons. The van der Waals surface area contributed by atoms with Gasteiger partial charge in [0.2, 0.25) is 5.95 Å². The van der Waals surface area contributed by atoms with E-state index < -0.39 is 0 Å². The number of nitrogens with one attached hydrogen (secondary N) is 1. The predicted molar refractivity (Wildman–Crippen MR) is 102 cm³/mol. The molecule has 0 bridgehead atoms. The summed E-state index contributed by atoms with van der Waals surface area (Å²) in [6.07, 6.45) is 2.53. The average molecular weight is 355 g/mol. The number of rotatable bonds is 5. The molecule has 1 N–H and O–H groups in total. The third-order valence-corrected chi connectivity index (χ3v) is 4.39. The number of piperazine rings is 1. The fraction of sp³-hybridized carbons (Fsp3) is 0.421. The van der Waals surface area contributed by atoms with Gasteiger partial charge in [-0.3, -0.25) is 0 Å². The molecule has 0 saturated carbocycles. The molecule has 1 aliphatic heterocycles. The van der Waals surface area contributed by atoms with E-state index in [2.05, 4.69) is 39.2 Å². The van der Waals surface area contributed by atoms with Crippen LogP contribution in [0, 0.1) is 0 Å². The molecule has 1 amide bonds. The molecule has 0 atom stereocenters. The number of nitrogens with zero attached hydrogens (tertiary/aromatic N) is 4. The van der Waals surface area contributed by atoms with Crippen molar-refractivity contribution in [3.63, 3.8) is 0 Å². The number of hydrogen-bond acceptors (Lipinski definition) is 6. The van der Waals surface area contributed by atoms with Crippen molar-refractivity contribution in [2.24, 2.45) is 0 Å². The maximum absolute atomic E-state index is 11.8. The van der Waals surface area contributed by atoms with Crippen LogP contribution in [0.25, 0.3) is 0 Å². The van der Waals surface area contributed by atoms with Crippen LogP contribution >= 0.6 is 0 Å². The molecule has 1 fully saturated rings. The predicted octanol–water partition coefficient (Wildman–Crippen LogP) is 3.06. The van der Waals surface area contributed by atoms with Crippen molar-refractivity contribution < 1.29 is 9.53 Å². The van der Waals surface area contributed by atoms with Crippen LogP contribution in [-0.2, 0) is 11.2 Å². The van der Waals surface area contributed by atoms with Gasteiger partial charge >= 0.3 is 6.09 Å². The number of benzene rings is 1. The number of aromatic nitrogens is 2. The highest BCUT2D eigenvalue weighted by Gasteiger charge is 2.22. The summed E-state index contributed by atoms with van der Waals surface area (Å²) in [6, 6.07) is 10.2. The lowest BCUT2D eigenvalue weighted by Crippen LogP contribution is -2.49. The van der Waals surface area contributed by atoms with Gasteiger partial charge < -0.3 is 19.9 Å². The molecule has 1 aliphatic rings. The van der Waals surface area contributed by atoms with Gasteiger partial charge in [0, 0.05) is 38.1 Å². The van der Waals surface area contributed by atoms with E-state index >= 15 is 0 Å². The molecule has 2 heterocycles. The highest BCUT2D eigenvalue weighted by atomic mass is 16.6. The second kappa shape index (κ2) is 8.51. The van der Waals surface area contributed by atoms with Crippen molar-refractivity contribution in [1.29, 1.82) is 0 Å². The molecule has 1 aromatic carbocycles. The Balaban J connectivity index is 1.61. The first-order valence-electron chi connectivity index (χ1n) is 9.05. The first-order chi connectivity index (χ1) is 12.7. The molecular weight excluding hydrogens is 330 g/mol. The lowest BCUT2D eigenvalue weighted by Gasteiger charge is -2.34. The molecule has 2 aromatic rings. The third kappa shape index (κ3) is 4.41. The summed E-state index contributed by atoms with van der Waals surface area (Å²) in [4.78, 5) is 24.6. The monoisotopic (exact) mass is 355 g/mol. The van der Waals surface area contributed by atoms with Crippen LogP contribution in [0.15, 0.2) is 36.5 Å². The lowest BCUT2D eigenvalue weighted by molar-refractivity contribution is 0.105. The Kier molecular flexibility index (Phi) is 5.88. The van der Waals surface area contributed by atoms with Crippen molar-refractivity contribution in [2.75, 3.05) is 43.0 Å². The number of hydrogen-bond donors (Lipinski definition) is 1. The van der Waals surface area contributed by atoms with E-state index in [1.165, 1.54) is 5.56 Å². The van der Waals surface area contributed by atoms with Gasteiger partial charge in [-0.2, -0.15) is 4.98 Å². The third-order valence-electron chi connectivity index (χ3n) is 4.39. The maximum atomic E-state index is 11.8. The van der Waals surface area contributed by atoms with Crippen LogP contribution < -0.4 is 10.2 Å². The molecule has 7 heteroatoms. The van der Waals surface area contributed by atoms with Crippen molar-refractivity contribution in [2.45, 2.75) is 20.3 Å². The van der Waals surface area contributed by atoms with Gasteiger partial charge in [0.1, 0.15) is 5.82 Å². The first kappa shape index (κ1) is 18.0. The zero-order valence-corrected chi connectivity index (χ0v) is 15.3. The Hall–Kier alpha value is -2.83. The number of aryl methyl sites for hydroxylation is 1. The lowest BCUT2D eigenvalue weighted by atomic mass is 10.1. The zero-order valence-electron chi connectivity index (χ0n) is 15.3. The fourth-order valence-electron chi connectivity index (χ4n) is 2.87. The van der Waals surface area contributed by atoms with Crippen LogP contribution in [0.1, 0.15) is 19.4 Å². The summed E-state index contributed by atoms with van der Waals surface area (Å²) in [5, 5.41) is 3.25. The summed E-state index contributed by atoms with van der Waals surface area (Å²) >= 11 is 0. The van der Waals surface area contributed by atoms with Gasteiger partial charge in [-0.25, -0.2) is 9.78 Å². The standard InChI is InChI=1S/C19H25N5O2/c1-3-15-5-7-16(8-6-15)21-18-20-10-9-17(22-18)23-11-13-24(14-12-23)19(25)26-4-2/h5-10H,3-4,11-14H2,1-2H3,(H,20,21,22). The molecule has 0 aliphatic carbocycles. The molecule has 0 unspecified atom stereocenters. The summed E-state index contributed by atoms with van der Waals surface area (Å²) in [5.74, 6) is 1.43. The van der Waals surface area contributed by atoms with Crippen LogP contribution in [0.3, 0.4) is 0 Å². The Bertz CT molecular complexity index is 727. The summed E-state index contributed by atoms with van der Waals surface area (Å²) in [7, 11) is 0. The van der Waals surface area contributed by atoms with Crippen LogP contribution in [0.4, 0.5) is 22.2 Å². The molecule has 1 aromatic heterocycles. The van der Waals surface area contributed by atoms with E-state index in [1.54, 1.807) is 11.1 Å². The molecule has 3 rings (SSSR count). The van der Waals surface area contributed by atoms with Gasteiger partial charge in [-0.05, 0) is 37.1 Å². The van der Waals surface area contributed by atoms with Crippen molar-refractivity contribution >= 4 is 23.5 Å². The zero-order chi connectivity index (χ0) is 18.4. The normalized spacial score (nSPS) is 14.2. The van der Waals surface area contributed by atoms with Crippen molar-refractivity contribution in [3.05, 3.63) is 42.1 Å². The fourth-order valence-corrected chi connectivity index (χ4v) is 2.87. The number of carbonyl (C=O) groups excluding carboxylic acids is 1. The Morgan fingerprint density at radius 3 is 2.50 bits per heavy atom. The van der Waals surface area contributed by atoms with Gasteiger partial charge in [-0.1, -0.05) is 19.1 Å². The Morgan fingerprint density at radius 2 is 1.85 bits per heavy atom. The topological polar surface area (TPSA) is 70.6 Å². The summed E-state index contributed by atoms with van der Waals surface area (Å²) in [6.45, 7) is 7.06. The van der Waals surface area contributed by atoms with Crippen LogP contribution in [0.5, 0.6) is 0 Å². The average Bonchev–Trinajstić information content (AvgIpc) is 2.69. The van der Waals surface area contributed by atoms with Gasteiger partial charge in [0.25, 0.3) is 0 Å². The molecule has 7 nitrogen and oxygen atoms in total. The quantitative estimate of drug-likeness (QED) is 0.889. The van der Waals surface area contributed by atoms with E-state index in [0.29, 0.717) is 25.6 Å². The largest absolute Gasteiger partial charge is 0.450 e. The van der Waals surface area contributed by atoms with Crippen LogP contribution in [0.2, 0.25) is 0 Å². The summed E-state index contributed by atoms with van der Waals surface area (Å²) in [5.41, 5.74) is 2.26. The minimum Gasteiger partial charge on any atom is -0.450 e. The van der Waals surface area contributed by atoms with E-state index in [9.17, 15) is 4.79 Å². The van der Waals surface area contributed by atoms with E-state index in [1.807, 2.05) is 25.1 Å². The van der Waals surface area contributed by atoms with E-state index in [-0.39, 0.29) is 6.09 Å². The molecule has 138 valence electrons. The maximum Gasteiger partial charge on any atom is 0.409 e. The minimum atomic E-state index is -0.243. The molecule has 1 saturated heterocycles. The summed E-state index contributed by atoms with van der Waals surface area (Å²) < 4.78 is 5.06. The number of ether oxygens (including phenoxy) is 1. The number of carbonyl (C=O) groups is 1. The minimum absolute atomic E-state index is 0.243. The molecule has 0 spiro atoms. The van der Waals surface area contributed by atoms with Crippen molar-refractivity contribution in [3.8, 4) is 0 Å². The van der Waals surface area contributed by atoms with E-state index in [4.69, 9.17) is 4.74 Å². The molecular formula is C19H25N5O2. The number of anilines is 3. The SMILES string of the molecule is CCOC(=O)N1CCN(c2ccnc(Nc3ccc(CC)cc3)n2)CC1. The molecule has 26 heavy (non-hydrogen) atoms. The second-order valence-electron chi connectivity index (χ2n) is 6.09. The van der Waals surface area contributed by atoms with Crippen LogP contribution in [-0.4, -0.2) is 53.7 Å². The van der Waals surface area contributed by atoms with Gasteiger partial charge in [-0.15, -0.1) is 0 Å². The highest BCUT2D eigenvalue weighted by Crippen LogP contribution is 2.18. The van der Waals surface area contributed by atoms with Crippen molar-refractivity contribution in [1.82, 2.24) is 14.9 Å². The van der Waals surface area contributed by atoms with Gasteiger partial charge in [0.15, 0.2) is 0 Å². The first-order valence-corrected chi connectivity index (χ1v) is 9.05. The van der Waals surface area contributed by atoms with E-state index in [0.717, 1.165) is 31.0 Å². The smallest absolute Gasteiger partial charge is 0.409 e. The number of amides is 1. The highest BCUT2D eigenvalue weighted by molar-refractivity contribution is 5.68. The second-order valence-corrected chi connectivity index (χ2v) is 6.09. The Labute approximate surface area is 154 Å². The Morgan fingerprint density at radius 1 is 1.12 bits per heavy atom.